The Labute approximate surface area is 140 Å². The summed E-state index contributed by atoms with van der Waals surface area (Å²) in [6, 6.07) is 6.90. The number of halogens is 5. The molecule has 0 bridgehead atoms. The fraction of sp³-hybridized carbons (Fsp3) is 0.200. The minimum atomic E-state index is -0.928. The number of rotatable bonds is 3. The summed E-state index contributed by atoms with van der Waals surface area (Å²) >= 11 is 15.1. The van der Waals surface area contributed by atoms with Crippen molar-refractivity contribution < 1.29 is 8.78 Å². The summed E-state index contributed by atoms with van der Waals surface area (Å²) in [5.41, 5.74) is 6.61. The molecule has 1 nitrogen and oxygen atoms in total. The minimum absolute atomic E-state index is 0.0532. The molecule has 0 heterocycles. The van der Waals surface area contributed by atoms with E-state index >= 15 is 0 Å². The maximum Gasteiger partial charge on any atom is 0.142 e. The van der Waals surface area contributed by atoms with E-state index in [1.807, 2.05) is 0 Å². The van der Waals surface area contributed by atoms with Crippen molar-refractivity contribution in [3.8, 4) is 0 Å². The van der Waals surface area contributed by atoms with Gasteiger partial charge in [-0.1, -0.05) is 45.2 Å². The Morgan fingerprint density at radius 2 is 1.81 bits per heavy atom. The summed E-state index contributed by atoms with van der Waals surface area (Å²) < 4.78 is 27.4. The summed E-state index contributed by atoms with van der Waals surface area (Å²) in [5, 5.41) is 0.243. The maximum atomic E-state index is 13.7. The van der Waals surface area contributed by atoms with E-state index in [9.17, 15) is 8.78 Å². The zero-order valence-electron chi connectivity index (χ0n) is 11.1. The lowest BCUT2D eigenvalue weighted by molar-refractivity contribution is 0.485. The first kappa shape index (κ1) is 16.7. The number of hydrogen-bond donors (Lipinski definition) is 1. The molecule has 2 aromatic rings. The normalized spacial score (nSPS) is 14.0. The zero-order valence-corrected chi connectivity index (χ0v) is 14.2. The molecule has 2 rings (SSSR count). The number of nitrogens with two attached hydrogens (primary N) is 1. The van der Waals surface area contributed by atoms with Crippen molar-refractivity contribution in [3.05, 3.63) is 67.6 Å². The molecule has 1 unspecified atom stereocenters. The predicted molar refractivity (Wildman–Crippen MR) is 85.8 cm³/mol. The molecule has 0 fully saturated rings. The molecule has 0 saturated heterocycles. The van der Waals surface area contributed by atoms with E-state index in [4.69, 9.17) is 28.9 Å². The fourth-order valence-electron chi connectivity index (χ4n) is 2.12. The van der Waals surface area contributed by atoms with Crippen molar-refractivity contribution in [2.24, 2.45) is 5.73 Å². The lowest BCUT2D eigenvalue weighted by atomic mass is 9.86. The van der Waals surface area contributed by atoms with Gasteiger partial charge in [0.25, 0.3) is 0 Å². The van der Waals surface area contributed by atoms with Crippen molar-refractivity contribution in [1.29, 1.82) is 0 Å². The Balaban J connectivity index is 2.40. The minimum Gasteiger partial charge on any atom is -0.321 e. The smallest absolute Gasteiger partial charge is 0.142 e. The molecule has 0 aromatic heterocycles. The van der Waals surface area contributed by atoms with Crippen LogP contribution in [0.1, 0.15) is 18.1 Å². The number of hydrogen-bond acceptors (Lipinski definition) is 1. The van der Waals surface area contributed by atoms with Crippen LogP contribution in [0.25, 0.3) is 0 Å². The molecule has 2 aromatic carbocycles. The van der Waals surface area contributed by atoms with Crippen LogP contribution >= 0.6 is 39.1 Å². The van der Waals surface area contributed by atoms with Crippen molar-refractivity contribution >= 4 is 39.1 Å². The van der Waals surface area contributed by atoms with Gasteiger partial charge in [-0.05, 0) is 48.7 Å². The molecule has 0 aliphatic heterocycles. The van der Waals surface area contributed by atoms with Crippen LogP contribution < -0.4 is 5.73 Å². The largest absolute Gasteiger partial charge is 0.321 e. The van der Waals surface area contributed by atoms with E-state index < -0.39 is 11.4 Å². The molecule has 0 aliphatic carbocycles. The van der Waals surface area contributed by atoms with Crippen molar-refractivity contribution in [3.63, 3.8) is 0 Å². The molecule has 0 aliphatic rings. The second-order valence-electron chi connectivity index (χ2n) is 5.08. The Kier molecular flexibility index (Phi) is 4.93. The molecule has 0 radical (unpaired) electrons. The topological polar surface area (TPSA) is 26.0 Å². The molecule has 21 heavy (non-hydrogen) atoms. The lowest BCUT2D eigenvalue weighted by Gasteiger charge is -2.27. The average molecular weight is 395 g/mol. The molecular weight excluding hydrogens is 383 g/mol. The molecule has 0 amide bonds. The second kappa shape index (κ2) is 6.21. The highest BCUT2D eigenvalue weighted by molar-refractivity contribution is 9.10. The van der Waals surface area contributed by atoms with Crippen LogP contribution in [-0.2, 0) is 12.0 Å². The molecule has 0 spiro atoms. The molecular formula is C15H12BrCl2F2N. The van der Waals surface area contributed by atoms with E-state index in [0.717, 1.165) is 5.56 Å². The van der Waals surface area contributed by atoms with Gasteiger partial charge in [0.1, 0.15) is 11.6 Å². The third kappa shape index (κ3) is 3.75. The monoisotopic (exact) mass is 393 g/mol. The van der Waals surface area contributed by atoms with Gasteiger partial charge in [0.05, 0.1) is 5.02 Å². The van der Waals surface area contributed by atoms with Crippen LogP contribution in [0.3, 0.4) is 0 Å². The van der Waals surface area contributed by atoms with Crippen LogP contribution in [0.2, 0.25) is 10.0 Å². The van der Waals surface area contributed by atoms with Crippen molar-refractivity contribution in [1.82, 2.24) is 0 Å². The van der Waals surface area contributed by atoms with Gasteiger partial charge >= 0.3 is 0 Å². The van der Waals surface area contributed by atoms with E-state index in [-0.39, 0.29) is 10.8 Å². The first-order valence-corrected chi connectivity index (χ1v) is 7.63. The van der Waals surface area contributed by atoms with Crippen LogP contribution in [-0.4, -0.2) is 0 Å². The van der Waals surface area contributed by atoms with Crippen LogP contribution in [0.15, 0.2) is 34.8 Å². The predicted octanol–water partition coefficient (Wildman–Crippen LogP) is 5.45. The van der Waals surface area contributed by atoms with Gasteiger partial charge < -0.3 is 5.73 Å². The Morgan fingerprint density at radius 3 is 2.43 bits per heavy atom. The highest BCUT2D eigenvalue weighted by Gasteiger charge is 2.26. The first-order valence-electron chi connectivity index (χ1n) is 6.08. The van der Waals surface area contributed by atoms with Gasteiger partial charge in [-0.2, -0.15) is 0 Å². The quantitative estimate of drug-likeness (QED) is 0.688. The lowest BCUT2D eigenvalue weighted by Crippen LogP contribution is -2.36. The maximum absolute atomic E-state index is 13.7. The number of benzene rings is 2. The third-order valence-corrected chi connectivity index (χ3v) is 4.54. The first-order chi connectivity index (χ1) is 9.70. The average Bonchev–Trinajstić information content (AvgIpc) is 2.37. The van der Waals surface area contributed by atoms with Gasteiger partial charge in [0.15, 0.2) is 0 Å². The highest BCUT2D eigenvalue weighted by Crippen LogP contribution is 2.34. The van der Waals surface area contributed by atoms with Gasteiger partial charge in [-0.3, -0.25) is 0 Å². The van der Waals surface area contributed by atoms with E-state index in [0.29, 0.717) is 21.5 Å². The van der Waals surface area contributed by atoms with Crippen LogP contribution in [0.5, 0.6) is 0 Å². The Hall–Kier alpha value is -0.680. The summed E-state index contributed by atoms with van der Waals surface area (Å²) in [4.78, 5) is 0. The standard InChI is InChI=1S/C15H12BrCl2F2N/c1-15(21,7-8-2-3-9(19)4-11(8)16)10-5-14(20)13(18)6-12(10)17/h2-6H,7,21H2,1H3. The molecule has 112 valence electrons. The molecule has 1 atom stereocenters. The van der Waals surface area contributed by atoms with Gasteiger partial charge in [0, 0.05) is 15.0 Å². The SMILES string of the molecule is CC(N)(Cc1ccc(F)cc1Br)c1cc(F)c(Cl)cc1Cl. The van der Waals surface area contributed by atoms with E-state index in [1.165, 1.54) is 24.3 Å². The molecule has 2 N–H and O–H groups in total. The van der Waals surface area contributed by atoms with E-state index in [2.05, 4.69) is 15.9 Å². The third-order valence-electron chi connectivity index (χ3n) is 3.20. The highest BCUT2D eigenvalue weighted by atomic mass is 79.9. The molecule has 0 saturated carbocycles. The Morgan fingerprint density at radius 1 is 1.14 bits per heavy atom. The van der Waals surface area contributed by atoms with Crippen LogP contribution in [0.4, 0.5) is 8.78 Å². The van der Waals surface area contributed by atoms with Crippen molar-refractivity contribution in [2.45, 2.75) is 18.9 Å². The fourth-order valence-corrected chi connectivity index (χ4v) is 3.21. The van der Waals surface area contributed by atoms with Crippen molar-refractivity contribution in [2.75, 3.05) is 0 Å². The summed E-state index contributed by atoms with van der Waals surface area (Å²) in [6.07, 6.45) is 0.356. The Bertz CT molecular complexity index is 690. The van der Waals surface area contributed by atoms with E-state index in [1.54, 1.807) is 13.0 Å². The zero-order chi connectivity index (χ0) is 15.8. The van der Waals surface area contributed by atoms with Gasteiger partial charge in [-0.15, -0.1) is 0 Å². The van der Waals surface area contributed by atoms with Gasteiger partial charge in [0.2, 0.25) is 0 Å². The summed E-state index contributed by atoms with van der Waals surface area (Å²) in [7, 11) is 0. The second-order valence-corrected chi connectivity index (χ2v) is 6.74. The molecule has 6 heteroatoms. The summed E-state index contributed by atoms with van der Waals surface area (Å²) in [5.74, 6) is -0.925. The van der Waals surface area contributed by atoms with Gasteiger partial charge in [-0.25, -0.2) is 8.78 Å². The summed E-state index contributed by atoms with van der Waals surface area (Å²) in [6.45, 7) is 1.73. The van der Waals surface area contributed by atoms with Crippen LogP contribution in [0, 0.1) is 11.6 Å².